The smallest absolute Gasteiger partial charge is 0.159 e. The van der Waals surface area contributed by atoms with E-state index in [1.165, 1.54) is 44.2 Å². The van der Waals surface area contributed by atoms with Crippen molar-refractivity contribution in [3.8, 4) is 16.9 Å². The van der Waals surface area contributed by atoms with E-state index >= 15 is 0 Å². The van der Waals surface area contributed by atoms with E-state index in [0.29, 0.717) is 5.84 Å². The van der Waals surface area contributed by atoms with Gasteiger partial charge in [-0.1, -0.05) is 152 Å². The number of nitrogens with zero attached hydrogens (tertiary/aromatic N) is 4. The van der Waals surface area contributed by atoms with Gasteiger partial charge in [-0.25, -0.2) is 15.0 Å². The van der Waals surface area contributed by atoms with E-state index in [0.717, 1.165) is 52.2 Å². The highest BCUT2D eigenvalue weighted by atomic mass is 15.2. The Morgan fingerprint density at radius 1 is 0.607 bits per heavy atom. The van der Waals surface area contributed by atoms with Crippen molar-refractivity contribution in [2.75, 3.05) is 0 Å². The molecule has 0 amide bonds. The lowest BCUT2D eigenvalue weighted by molar-refractivity contribution is 0.670. The van der Waals surface area contributed by atoms with Gasteiger partial charge in [0.2, 0.25) is 0 Å². The summed E-state index contributed by atoms with van der Waals surface area (Å²) >= 11 is 0. The van der Waals surface area contributed by atoms with Crippen LogP contribution >= 0.6 is 0 Å². The van der Waals surface area contributed by atoms with Gasteiger partial charge in [-0.3, -0.25) is 4.57 Å². The predicted octanol–water partition coefficient (Wildman–Crippen LogP) is 11.3. The Balaban J connectivity index is 1.09. The minimum Gasteiger partial charge on any atom is -0.344 e. The van der Waals surface area contributed by atoms with Crippen LogP contribution in [0.3, 0.4) is 0 Å². The van der Waals surface area contributed by atoms with Crippen LogP contribution in [0.2, 0.25) is 0 Å². The van der Waals surface area contributed by atoms with Crippen LogP contribution in [0.5, 0.6) is 0 Å². The van der Waals surface area contributed by atoms with Gasteiger partial charge >= 0.3 is 0 Å². The molecule has 56 heavy (non-hydrogen) atoms. The summed E-state index contributed by atoms with van der Waals surface area (Å²) < 4.78 is 2.33. The highest BCUT2D eigenvalue weighted by Crippen LogP contribution is 2.57. The van der Waals surface area contributed by atoms with Crippen molar-refractivity contribution in [1.29, 1.82) is 0 Å². The van der Waals surface area contributed by atoms with Gasteiger partial charge in [-0.2, -0.15) is 0 Å². The number of benzene rings is 6. The van der Waals surface area contributed by atoms with Gasteiger partial charge in [0.15, 0.2) is 5.84 Å². The molecule has 0 bridgehead atoms. The van der Waals surface area contributed by atoms with Crippen LogP contribution < -0.4 is 5.32 Å². The van der Waals surface area contributed by atoms with E-state index in [1.807, 2.05) is 24.4 Å². The van der Waals surface area contributed by atoms with Crippen molar-refractivity contribution >= 4 is 33.5 Å². The lowest BCUT2D eigenvalue weighted by Crippen LogP contribution is -2.34. The molecule has 1 atom stereocenters. The van der Waals surface area contributed by atoms with Crippen LogP contribution in [0, 0.1) is 0 Å². The molecule has 2 aromatic heterocycles. The maximum atomic E-state index is 5.20. The second-order valence-corrected chi connectivity index (χ2v) is 14.7. The number of rotatable bonds is 6. The van der Waals surface area contributed by atoms with Crippen LogP contribution in [0.25, 0.3) is 38.8 Å². The Morgan fingerprint density at radius 3 is 2.05 bits per heavy atom. The van der Waals surface area contributed by atoms with Gasteiger partial charge in [-0.05, 0) is 76.6 Å². The van der Waals surface area contributed by atoms with Gasteiger partial charge in [0.05, 0.1) is 16.4 Å². The molecule has 0 spiro atoms. The second-order valence-electron chi connectivity index (χ2n) is 14.7. The van der Waals surface area contributed by atoms with E-state index in [9.17, 15) is 0 Å². The van der Waals surface area contributed by atoms with Gasteiger partial charge in [0, 0.05) is 33.7 Å². The maximum absolute atomic E-state index is 5.20. The minimum atomic E-state index is -0.495. The SMILES string of the molecule is C1=CC(C2=NC(c3ccccc3)=NC(c3ccc(-n4c5ccccc5c5cc6c(cc54)C(c4ccccc4)(c4ccccc4)c4ccccc4-6)nc3)N2)=CCC1. The lowest BCUT2D eigenvalue weighted by atomic mass is 9.67. The minimum absolute atomic E-state index is 0.340. The zero-order valence-electron chi connectivity index (χ0n) is 30.7. The highest BCUT2D eigenvalue weighted by molar-refractivity contribution is 6.14. The summed E-state index contributed by atoms with van der Waals surface area (Å²) in [4.78, 5) is 15.3. The second kappa shape index (κ2) is 13.0. The number of amidine groups is 2. The molecule has 0 radical (unpaired) electrons. The molecule has 2 aliphatic carbocycles. The number of hydrogen-bond donors (Lipinski definition) is 1. The standard InChI is InChI=1S/C51H37N5/c1-5-17-34(18-6-1)48-53-49(35-19-7-2-8-20-35)55-50(54-48)36-29-30-47(52-33-36)56-45-28-16-14-26-40(45)42-31-41-39-25-13-15-27-43(39)51(44(41)32-46(42)56,37-21-9-3-10-22-37)38-23-11-4-12-24-38/h1,3-7,9-33,50H,2,8H2,(H,53,54,55). The molecular formula is C51H37N5. The number of pyridine rings is 1. The molecule has 5 heteroatoms. The Morgan fingerprint density at radius 2 is 1.32 bits per heavy atom. The van der Waals surface area contributed by atoms with Crippen molar-refractivity contribution in [2.45, 2.75) is 24.4 Å². The zero-order valence-corrected chi connectivity index (χ0v) is 30.7. The number of aliphatic imine (C=N–C) groups is 2. The fraction of sp³-hybridized carbons (Fsp3) is 0.0784. The first-order valence-corrected chi connectivity index (χ1v) is 19.4. The molecule has 6 aromatic carbocycles. The number of fused-ring (bicyclic) bond motifs is 6. The Hall–Kier alpha value is -7.11. The number of hydrogen-bond acceptors (Lipinski definition) is 4. The van der Waals surface area contributed by atoms with Crippen LogP contribution in [0.1, 0.15) is 52.4 Å². The van der Waals surface area contributed by atoms with E-state index in [1.54, 1.807) is 0 Å². The molecule has 1 aliphatic heterocycles. The molecule has 3 heterocycles. The first-order chi connectivity index (χ1) is 27.8. The topological polar surface area (TPSA) is 54.6 Å². The van der Waals surface area contributed by atoms with Crippen molar-refractivity contribution in [3.05, 3.63) is 227 Å². The molecule has 8 aromatic rings. The van der Waals surface area contributed by atoms with Crippen molar-refractivity contribution in [2.24, 2.45) is 9.98 Å². The van der Waals surface area contributed by atoms with Crippen LogP contribution in [0.15, 0.2) is 204 Å². The van der Waals surface area contributed by atoms with Crippen molar-refractivity contribution in [1.82, 2.24) is 14.9 Å². The molecule has 11 rings (SSSR count). The summed E-state index contributed by atoms with van der Waals surface area (Å²) in [5, 5.41) is 6.03. The highest BCUT2D eigenvalue weighted by Gasteiger charge is 2.46. The van der Waals surface area contributed by atoms with Gasteiger partial charge in [-0.15, -0.1) is 0 Å². The first-order valence-electron chi connectivity index (χ1n) is 19.4. The fourth-order valence-corrected chi connectivity index (χ4v) is 9.11. The van der Waals surface area contributed by atoms with Gasteiger partial charge < -0.3 is 5.32 Å². The summed E-state index contributed by atoms with van der Waals surface area (Å²) in [6.45, 7) is 0. The summed E-state index contributed by atoms with van der Waals surface area (Å²) in [6, 6.07) is 59.0. The third-order valence-electron chi connectivity index (χ3n) is 11.6. The molecular weight excluding hydrogens is 683 g/mol. The third-order valence-corrected chi connectivity index (χ3v) is 11.6. The largest absolute Gasteiger partial charge is 0.344 e. The Bertz CT molecular complexity index is 2880. The summed E-state index contributed by atoms with van der Waals surface area (Å²) in [5.74, 6) is 2.41. The van der Waals surface area contributed by atoms with Gasteiger partial charge in [0.1, 0.15) is 17.8 Å². The van der Waals surface area contributed by atoms with E-state index in [4.69, 9.17) is 15.0 Å². The average Bonchev–Trinajstić information content (AvgIpc) is 3.76. The monoisotopic (exact) mass is 719 g/mol. The molecule has 0 saturated carbocycles. The quantitative estimate of drug-likeness (QED) is 0.186. The van der Waals surface area contributed by atoms with E-state index in [-0.39, 0.29) is 6.17 Å². The molecule has 1 unspecified atom stereocenters. The molecule has 0 fully saturated rings. The average molecular weight is 720 g/mol. The number of para-hydroxylation sites is 1. The van der Waals surface area contributed by atoms with Crippen LogP contribution in [0.4, 0.5) is 0 Å². The summed E-state index contributed by atoms with van der Waals surface area (Å²) in [6.07, 6.45) is 10.3. The van der Waals surface area contributed by atoms with Crippen molar-refractivity contribution in [3.63, 3.8) is 0 Å². The summed E-state index contributed by atoms with van der Waals surface area (Å²) in [5.41, 5.74) is 12.4. The molecule has 266 valence electrons. The third kappa shape index (κ3) is 4.97. The molecule has 3 aliphatic rings. The number of aromatic nitrogens is 2. The zero-order chi connectivity index (χ0) is 37.1. The van der Waals surface area contributed by atoms with E-state index in [2.05, 4.69) is 174 Å². The first kappa shape index (κ1) is 32.3. The van der Waals surface area contributed by atoms with Crippen LogP contribution in [-0.2, 0) is 5.41 Å². The Labute approximate surface area is 325 Å². The number of allylic oxidation sites excluding steroid dienone is 2. The van der Waals surface area contributed by atoms with Crippen LogP contribution in [-0.4, -0.2) is 21.2 Å². The molecule has 5 nitrogen and oxygen atoms in total. The fourth-order valence-electron chi connectivity index (χ4n) is 9.11. The number of nitrogens with one attached hydrogen (secondary N) is 1. The van der Waals surface area contributed by atoms with Crippen molar-refractivity contribution < 1.29 is 0 Å². The normalized spacial score (nSPS) is 16.8. The molecule has 0 saturated heterocycles. The Kier molecular flexibility index (Phi) is 7.52. The maximum Gasteiger partial charge on any atom is 0.159 e. The lowest BCUT2D eigenvalue weighted by Gasteiger charge is -2.34. The summed E-state index contributed by atoms with van der Waals surface area (Å²) in [7, 11) is 0. The predicted molar refractivity (Wildman–Crippen MR) is 229 cm³/mol. The molecule has 1 N–H and O–H groups in total. The van der Waals surface area contributed by atoms with Gasteiger partial charge in [0.25, 0.3) is 0 Å². The van der Waals surface area contributed by atoms with E-state index < -0.39 is 5.41 Å².